The molecule has 0 radical (unpaired) electrons. The number of anilines is 1. The Labute approximate surface area is 423 Å². The third-order valence-corrected chi connectivity index (χ3v) is 12.1. The fourth-order valence-electron chi connectivity index (χ4n) is 7.36. The Kier molecular flexibility index (Phi) is 19.8. The number of hydrogen-bond donors (Lipinski definition) is 6. The molecule has 4 aromatic heterocycles. The molecule has 3 atom stereocenters. The molecule has 0 bridgehead atoms. The number of aromatic amines is 1. The van der Waals surface area contributed by atoms with Crippen LogP contribution in [0.25, 0.3) is 22.6 Å². The molecule has 1 aliphatic heterocycles. The molecular weight excluding hydrogens is 975 g/mol. The summed E-state index contributed by atoms with van der Waals surface area (Å²) in [6, 6.07) is 6.46. The number of aliphatic hydroxyl groups excluding tert-OH is 4. The summed E-state index contributed by atoms with van der Waals surface area (Å²) in [5.41, 5.74) is 3.72. The minimum atomic E-state index is -1.46. The van der Waals surface area contributed by atoms with Crippen LogP contribution in [-0.2, 0) is 73.9 Å². The van der Waals surface area contributed by atoms with Crippen LogP contribution in [0, 0.1) is 10.8 Å². The predicted octanol–water partition coefficient (Wildman–Crippen LogP) is 1.06. The number of rotatable bonds is 29. The van der Waals surface area contributed by atoms with Crippen LogP contribution in [-0.4, -0.2) is 152 Å². The van der Waals surface area contributed by atoms with Gasteiger partial charge in [0.15, 0.2) is 11.2 Å². The number of nitrogens with one attached hydrogen (secondary N) is 1. The zero-order valence-electron chi connectivity index (χ0n) is 41.4. The van der Waals surface area contributed by atoms with E-state index in [2.05, 4.69) is 35.6 Å². The first-order chi connectivity index (χ1) is 35.5. The van der Waals surface area contributed by atoms with E-state index in [1.807, 2.05) is 6.92 Å². The van der Waals surface area contributed by atoms with E-state index in [0.29, 0.717) is 62.1 Å². The van der Waals surface area contributed by atoms with Crippen molar-refractivity contribution < 1.29 is 72.8 Å². The van der Waals surface area contributed by atoms with Gasteiger partial charge in [-0.05, 0) is 58.1 Å². The van der Waals surface area contributed by atoms with Crippen molar-refractivity contribution in [2.75, 3.05) is 45.4 Å². The summed E-state index contributed by atoms with van der Waals surface area (Å²) in [5.74, 6) is -3.32. The maximum Gasteiger partial charge on any atom is 0.338 e. The molecule has 74 heavy (non-hydrogen) atoms. The molecule has 1 fully saturated rings. The number of aliphatic hydroxyl groups is 4. The number of H-pyrrole nitrogens is 1. The van der Waals surface area contributed by atoms with Gasteiger partial charge in [-0.3, -0.25) is 42.9 Å². The van der Waals surface area contributed by atoms with Crippen molar-refractivity contribution in [2.24, 2.45) is 10.8 Å². The van der Waals surface area contributed by atoms with E-state index >= 15 is 0 Å². The van der Waals surface area contributed by atoms with Crippen molar-refractivity contribution in [3.05, 3.63) is 64.0 Å². The van der Waals surface area contributed by atoms with Crippen molar-refractivity contribution in [2.45, 2.75) is 123 Å². The number of nitrogen functional groups attached to an aromatic ring is 1. The number of hydrogen-bond acceptors (Lipinski definition) is 23. The molecule has 6 rings (SSSR count). The molecule has 0 saturated carbocycles. The average Bonchev–Trinajstić information content (AvgIpc) is 4.23. The molecule has 402 valence electrons. The van der Waals surface area contributed by atoms with Gasteiger partial charge in [0.1, 0.15) is 66.3 Å². The normalized spacial score (nSPS) is 15.8. The molecule has 1 aliphatic rings. The SMILES string of the molecule is CCCCOC(=O)c1cccc(-c2nc3c(=O)[nH]c(N)nc3n2[C@H]2C[C@H](OC(=O)CCCCn3cc(COC(=O)C(C)(CO)CO)nn3)[C@@H](COC(=O)CCCCn3cc(COC(=O)C(C)(CO)CO)nn3)O2)c1. The van der Waals surface area contributed by atoms with Crippen LogP contribution < -0.4 is 11.3 Å². The third-order valence-electron chi connectivity index (χ3n) is 12.1. The molecule has 27 nitrogen and oxygen atoms in total. The maximum absolute atomic E-state index is 13.5. The Morgan fingerprint density at radius 1 is 0.797 bits per heavy atom. The number of nitrogens with zero attached hydrogens (tertiary/aromatic N) is 9. The Bertz CT molecular complexity index is 2760. The van der Waals surface area contributed by atoms with E-state index in [9.17, 15) is 49.2 Å². The van der Waals surface area contributed by atoms with E-state index in [1.165, 1.54) is 27.8 Å². The second kappa shape index (κ2) is 26.1. The number of imidazole rings is 1. The summed E-state index contributed by atoms with van der Waals surface area (Å²) >= 11 is 0. The first-order valence-corrected chi connectivity index (χ1v) is 24.1. The molecule has 0 aliphatic carbocycles. The summed E-state index contributed by atoms with van der Waals surface area (Å²) in [6.45, 7) is 2.48. The highest BCUT2D eigenvalue weighted by Gasteiger charge is 2.42. The Balaban J connectivity index is 1.11. The van der Waals surface area contributed by atoms with Crippen molar-refractivity contribution in [1.29, 1.82) is 0 Å². The molecule has 27 heteroatoms. The number of nitrogens with two attached hydrogens (primary N) is 1. The largest absolute Gasteiger partial charge is 0.463 e. The lowest BCUT2D eigenvalue weighted by Crippen LogP contribution is -2.36. The first kappa shape index (κ1) is 56.1. The molecule has 0 unspecified atom stereocenters. The van der Waals surface area contributed by atoms with Gasteiger partial charge >= 0.3 is 29.8 Å². The van der Waals surface area contributed by atoms with E-state index in [0.717, 1.165) is 6.42 Å². The van der Waals surface area contributed by atoms with Gasteiger partial charge in [0.25, 0.3) is 5.56 Å². The summed E-state index contributed by atoms with van der Waals surface area (Å²) in [7, 11) is 0. The Hall–Kier alpha value is -7.20. The van der Waals surface area contributed by atoms with Crippen molar-refractivity contribution in [1.82, 2.24) is 49.5 Å². The predicted molar refractivity (Wildman–Crippen MR) is 254 cm³/mol. The van der Waals surface area contributed by atoms with Gasteiger partial charge < -0.3 is 54.6 Å². The van der Waals surface area contributed by atoms with Crippen LogP contribution in [0.1, 0.15) is 107 Å². The number of aryl methyl sites for hydroxylation is 2. The lowest BCUT2D eigenvalue weighted by Gasteiger charge is -2.21. The van der Waals surface area contributed by atoms with Gasteiger partial charge in [-0.25, -0.2) is 9.78 Å². The highest BCUT2D eigenvalue weighted by Crippen LogP contribution is 2.37. The number of benzene rings is 1. The molecule has 5 heterocycles. The number of fused-ring (bicyclic) bond motifs is 1. The molecule has 0 spiro atoms. The summed E-state index contributed by atoms with van der Waals surface area (Å²) < 4.78 is 38.5. The van der Waals surface area contributed by atoms with Gasteiger partial charge in [-0.2, -0.15) is 4.98 Å². The number of ether oxygens (including phenoxy) is 6. The zero-order valence-corrected chi connectivity index (χ0v) is 41.4. The minimum Gasteiger partial charge on any atom is -0.463 e. The second-order valence-corrected chi connectivity index (χ2v) is 18.3. The molecule has 7 N–H and O–H groups in total. The van der Waals surface area contributed by atoms with Crippen LogP contribution in [0.3, 0.4) is 0 Å². The van der Waals surface area contributed by atoms with Gasteiger partial charge in [-0.15, -0.1) is 10.2 Å². The van der Waals surface area contributed by atoms with Crippen LogP contribution in [0.15, 0.2) is 41.5 Å². The summed E-state index contributed by atoms with van der Waals surface area (Å²) in [6.07, 6.45) is 3.31. The van der Waals surface area contributed by atoms with Crippen molar-refractivity contribution in [3.8, 4) is 11.4 Å². The lowest BCUT2D eigenvalue weighted by atomic mass is 9.93. The number of carbonyl (C=O) groups excluding carboxylic acids is 5. The van der Waals surface area contributed by atoms with Crippen LogP contribution in [0.5, 0.6) is 0 Å². The zero-order chi connectivity index (χ0) is 53.4. The average molecular weight is 1040 g/mol. The fraction of sp³-hybridized carbons (Fsp3) is 0.574. The number of esters is 5. The van der Waals surface area contributed by atoms with E-state index < -0.39 is 91.1 Å². The Morgan fingerprint density at radius 3 is 1.97 bits per heavy atom. The van der Waals surface area contributed by atoms with E-state index in [-0.39, 0.29) is 74.2 Å². The molecule has 1 saturated heterocycles. The van der Waals surface area contributed by atoms with E-state index in [1.54, 1.807) is 36.7 Å². The second-order valence-electron chi connectivity index (χ2n) is 18.3. The van der Waals surface area contributed by atoms with Gasteiger partial charge in [-0.1, -0.05) is 35.9 Å². The molecule has 5 aromatic rings. The van der Waals surface area contributed by atoms with Crippen LogP contribution in [0.2, 0.25) is 0 Å². The monoisotopic (exact) mass is 1040 g/mol. The van der Waals surface area contributed by atoms with Crippen molar-refractivity contribution in [3.63, 3.8) is 0 Å². The van der Waals surface area contributed by atoms with E-state index in [4.69, 9.17) is 34.2 Å². The van der Waals surface area contributed by atoms with Crippen LogP contribution in [0.4, 0.5) is 5.95 Å². The first-order valence-electron chi connectivity index (χ1n) is 24.1. The summed E-state index contributed by atoms with van der Waals surface area (Å²) in [4.78, 5) is 88.9. The van der Waals surface area contributed by atoms with Gasteiger partial charge in [0, 0.05) is 37.9 Å². The number of aromatic nitrogens is 10. The van der Waals surface area contributed by atoms with Gasteiger partial charge in [0.05, 0.1) is 51.0 Å². The quantitative estimate of drug-likeness (QED) is 0.0221. The third kappa shape index (κ3) is 14.5. The standard InChI is InChI=1S/C47H63N11O16/c1-4-5-17-69-42(66)30-12-10-11-29(18-30)39-49-38-40(50-45(48)51-41(38)65)58(39)35-19-33(74-37(64)14-7-9-16-57-21-32(53-55-57)23-72-44(68)47(3,27-61)28-62)34(73-35)24-70-36(63)13-6-8-15-56-20-31(52-54-56)22-71-43(67)46(2,25-59)26-60/h10-12,18,20-21,33-35,59-62H,4-9,13-17,19,22-28H2,1-3H3,(H3,48,50,51,65)/t33-,34+,35+/m0/s1. The van der Waals surface area contributed by atoms with Crippen LogP contribution >= 0.6 is 0 Å². The maximum atomic E-state index is 13.5. The molecule has 1 aromatic carbocycles. The summed E-state index contributed by atoms with van der Waals surface area (Å²) in [5, 5.41) is 53.8. The number of unbranched alkanes of at least 4 members (excludes halogenated alkanes) is 3. The lowest BCUT2D eigenvalue weighted by molar-refractivity contribution is -0.162. The smallest absolute Gasteiger partial charge is 0.338 e. The molecular formula is C47H63N11O16. The topological polar surface area (TPSA) is 373 Å². The highest BCUT2D eigenvalue weighted by atomic mass is 16.6. The molecule has 0 amide bonds. The van der Waals surface area contributed by atoms with Crippen molar-refractivity contribution >= 4 is 47.0 Å². The highest BCUT2D eigenvalue weighted by molar-refractivity contribution is 5.91. The Morgan fingerprint density at radius 2 is 1.39 bits per heavy atom. The minimum absolute atomic E-state index is 0.00541. The fourth-order valence-corrected chi connectivity index (χ4v) is 7.36. The van der Waals surface area contributed by atoms with Gasteiger partial charge in [0.2, 0.25) is 5.95 Å². The number of carbonyl (C=O) groups is 5.